The lowest BCUT2D eigenvalue weighted by Gasteiger charge is -2.41. The predicted molar refractivity (Wildman–Crippen MR) is 94.2 cm³/mol. The molecule has 2 nitrogen and oxygen atoms in total. The Hall–Kier alpha value is -1.22. The van der Waals surface area contributed by atoms with Gasteiger partial charge in [-0.05, 0) is 39.0 Å². The van der Waals surface area contributed by atoms with Gasteiger partial charge in [0.2, 0.25) is 5.91 Å². The molecule has 0 bridgehead atoms. The fourth-order valence-electron chi connectivity index (χ4n) is 2.53. The lowest BCUT2D eigenvalue weighted by Crippen LogP contribution is -2.52. The molecule has 2 unspecified atom stereocenters. The predicted octanol–water partition coefficient (Wildman–Crippen LogP) is 4.57. The van der Waals surface area contributed by atoms with Gasteiger partial charge in [0.25, 0.3) is 0 Å². The molecule has 1 aliphatic rings. The minimum absolute atomic E-state index is 0.0825. The molecular weight excluding hydrogens is 278 g/mol. The summed E-state index contributed by atoms with van der Waals surface area (Å²) in [6.07, 6.45) is 11.6. The zero-order chi connectivity index (χ0) is 15.9. The summed E-state index contributed by atoms with van der Waals surface area (Å²) in [5, 5.41) is 2.08. The maximum atomic E-state index is 12.9. The van der Waals surface area contributed by atoms with Gasteiger partial charge < -0.3 is 4.90 Å². The van der Waals surface area contributed by atoms with Crippen LogP contribution in [0.5, 0.6) is 0 Å². The van der Waals surface area contributed by atoms with Gasteiger partial charge in [0.15, 0.2) is 0 Å². The van der Waals surface area contributed by atoms with E-state index in [0.29, 0.717) is 6.42 Å². The summed E-state index contributed by atoms with van der Waals surface area (Å²) in [7, 11) is 0. The molecule has 1 heterocycles. The number of thioether (sulfide) groups is 1. The maximum Gasteiger partial charge on any atom is 0.230 e. The second-order valence-electron chi connectivity index (χ2n) is 6.19. The number of rotatable bonds is 6. The minimum atomic E-state index is -0.194. The second kappa shape index (κ2) is 8.28. The van der Waals surface area contributed by atoms with Crippen LogP contribution >= 0.6 is 11.8 Å². The highest BCUT2D eigenvalue weighted by Gasteiger charge is 2.35. The standard InChI is InChI=1S/C18H27NOS/c1-6-9-15-10-8-11-16(12-14-21-13-7-2)19(17(15)20)18(3,4)5/h6-8,10,12,14-16H,1-2,9,11,13H2,3-5H3/b14-12-. The van der Waals surface area contributed by atoms with E-state index in [4.69, 9.17) is 0 Å². The number of amides is 1. The average molecular weight is 305 g/mol. The largest absolute Gasteiger partial charge is 0.331 e. The topological polar surface area (TPSA) is 20.3 Å². The minimum Gasteiger partial charge on any atom is -0.331 e. The Kier molecular flexibility index (Phi) is 7.03. The smallest absolute Gasteiger partial charge is 0.230 e. The maximum absolute atomic E-state index is 12.9. The van der Waals surface area contributed by atoms with E-state index in [2.05, 4.69) is 51.5 Å². The highest BCUT2D eigenvalue weighted by atomic mass is 32.2. The van der Waals surface area contributed by atoms with Crippen LogP contribution in [-0.4, -0.2) is 28.1 Å². The number of carbonyl (C=O) groups excluding carboxylic acids is 1. The molecule has 0 aliphatic carbocycles. The van der Waals surface area contributed by atoms with Crippen molar-refractivity contribution in [3.05, 3.63) is 48.9 Å². The summed E-state index contributed by atoms with van der Waals surface area (Å²) in [6.45, 7) is 13.8. The van der Waals surface area contributed by atoms with E-state index >= 15 is 0 Å². The monoisotopic (exact) mass is 305 g/mol. The fraction of sp³-hybridized carbons (Fsp3) is 0.500. The van der Waals surface area contributed by atoms with Gasteiger partial charge in [0.05, 0.1) is 12.0 Å². The van der Waals surface area contributed by atoms with E-state index in [-0.39, 0.29) is 23.4 Å². The molecule has 0 aromatic carbocycles. The number of allylic oxidation sites excluding steroid dienone is 1. The third-order valence-electron chi connectivity index (χ3n) is 3.39. The first-order chi connectivity index (χ1) is 9.91. The van der Waals surface area contributed by atoms with Crippen LogP contribution in [0.15, 0.2) is 48.9 Å². The SMILES string of the molecule is C=CCS/C=C\C1CC=CC(CC=C)C(=O)N1C(C)(C)C. The zero-order valence-corrected chi connectivity index (χ0v) is 14.2. The molecule has 0 aromatic heterocycles. The third kappa shape index (κ3) is 5.24. The molecule has 116 valence electrons. The molecule has 0 radical (unpaired) electrons. The number of nitrogens with zero attached hydrogens (tertiary/aromatic N) is 1. The van der Waals surface area contributed by atoms with Crippen molar-refractivity contribution >= 4 is 17.7 Å². The van der Waals surface area contributed by atoms with Gasteiger partial charge in [-0.1, -0.05) is 30.4 Å². The van der Waals surface area contributed by atoms with Gasteiger partial charge in [-0.3, -0.25) is 4.79 Å². The van der Waals surface area contributed by atoms with E-state index in [9.17, 15) is 4.79 Å². The van der Waals surface area contributed by atoms with E-state index in [0.717, 1.165) is 12.2 Å². The molecule has 21 heavy (non-hydrogen) atoms. The Morgan fingerprint density at radius 2 is 2.10 bits per heavy atom. The molecule has 3 heteroatoms. The summed E-state index contributed by atoms with van der Waals surface area (Å²) in [5.41, 5.74) is -0.194. The summed E-state index contributed by atoms with van der Waals surface area (Å²) in [5.74, 6) is 1.00. The van der Waals surface area contributed by atoms with Crippen molar-refractivity contribution in [2.45, 2.75) is 45.2 Å². The first-order valence-corrected chi connectivity index (χ1v) is 8.46. The van der Waals surface area contributed by atoms with Crippen LogP contribution < -0.4 is 0 Å². The van der Waals surface area contributed by atoms with Crippen molar-refractivity contribution in [3.8, 4) is 0 Å². The van der Waals surface area contributed by atoms with Gasteiger partial charge >= 0.3 is 0 Å². The van der Waals surface area contributed by atoms with Gasteiger partial charge in [-0.2, -0.15) is 0 Å². The Labute approximate surface area is 133 Å². The van der Waals surface area contributed by atoms with E-state index in [1.807, 2.05) is 23.1 Å². The van der Waals surface area contributed by atoms with Crippen molar-refractivity contribution in [1.82, 2.24) is 4.90 Å². The zero-order valence-electron chi connectivity index (χ0n) is 13.4. The van der Waals surface area contributed by atoms with Crippen LogP contribution in [0.1, 0.15) is 33.6 Å². The van der Waals surface area contributed by atoms with Crippen LogP contribution in [0.3, 0.4) is 0 Å². The van der Waals surface area contributed by atoms with Crippen LogP contribution in [0.2, 0.25) is 0 Å². The van der Waals surface area contributed by atoms with Gasteiger partial charge in [-0.25, -0.2) is 0 Å². The highest BCUT2D eigenvalue weighted by Crippen LogP contribution is 2.28. The Bertz CT molecular complexity index is 431. The molecule has 2 atom stereocenters. The molecular formula is C18H27NOS. The van der Waals surface area contributed by atoms with Crippen molar-refractivity contribution in [2.75, 3.05) is 5.75 Å². The first kappa shape index (κ1) is 17.8. The third-order valence-corrected chi connectivity index (χ3v) is 4.16. The van der Waals surface area contributed by atoms with Gasteiger partial charge in [-0.15, -0.1) is 24.9 Å². The summed E-state index contributed by atoms with van der Waals surface area (Å²) >= 11 is 1.70. The molecule has 1 aliphatic heterocycles. The molecule has 0 spiro atoms. The summed E-state index contributed by atoms with van der Waals surface area (Å²) < 4.78 is 0. The molecule has 0 saturated heterocycles. The van der Waals surface area contributed by atoms with E-state index in [1.165, 1.54) is 0 Å². The van der Waals surface area contributed by atoms with Crippen LogP contribution in [0, 0.1) is 5.92 Å². The number of carbonyl (C=O) groups is 1. The molecule has 1 rings (SSSR count). The lowest BCUT2D eigenvalue weighted by molar-refractivity contribution is -0.140. The van der Waals surface area contributed by atoms with Crippen molar-refractivity contribution < 1.29 is 4.79 Å². The van der Waals surface area contributed by atoms with Crippen molar-refractivity contribution in [1.29, 1.82) is 0 Å². The normalized spacial score (nSPS) is 23.4. The Balaban J connectivity index is 2.97. The molecule has 0 fully saturated rings. The molecule has 0 aromatic rings. The Morgan fingerprint density at radius 1 is 1.38 bits per heavy atom. The van der Waals surface area contributed by atoms with Crippen LogP contribution in [0.4, 0.5) is 0 Å². The highest BCUT2D eigenvalue weighted by molar-refractivity contribution is 8.02. The second-order valence-corrected chi connectivity index (χ2v) is 7.13. The molecule has 0 N–H and O–H groups in total. The fourth-order valence-corrected chi connectivity index (χ4v) is 3.07. The van der Waals surface area contributed by atoms with Crippen LogP contribution in [-0.2, 0) is 4.79 Å². The van der Waals surface area contributed by atoms with Crippen molar-refractivity contribution in [3.63, 3.8) is 0 Å². The van der Waals surface area contributed by atoms with E-state index in [1.54, 1.807) is 11.8 Å². The first-order valence-electron chi connectivity index (χ1n) is 7.41. The molecule has 0 saturated carbocycles. The van der Waals surface area contributed by atoms with Crippen LogP contribution in [0.25, 0.3) is 0 Å². The number of hydrogen-bond donors (Lipinski definition) is 0. The Morgan fingerprint density at radius 3 is 2.67 bits per heavy atom. The quantitative estimate of drug-likeness (QED) is 0.529. The summed E-state index contributed by atoms with van der Waals surface area (Å²) in [6, 6.07) is 0.112. The van der Waals surface area contributed by atoms with Gasteiger partial charge in [0.1, 0.15) is 0 Å². The number of hydrogen-bond acceptors (Lipinski definition) is 2. The van der Waals surface area contributed by atoms with Gasteiger partial charge in [0, 0.05) is 11.3 Å². The summed E-state index contributed by atoms with van der Waals surface area (Å²) in [4.78, 5) is 14.9. The van der Waals surface area contributed by atoms with E-state index < -0.39 is 0 Å². The lowest BCUT2D eigenvalue weighted by atomic mass is 9.98. The molecule has 1 amide bonds. The van der Waals surface area contributed by atoms with Crippen molar-refractivity contribution in [2.24, 2.45) is 5.92 Å². The average Bonchev–Trinajstić information content (AvgIpc) is 2.55.